The number of carbonyl (C=O) groups excluding carboxylic acids is 1. The first-order valence-electron chi connectivity index (χ1n) is 10.3. The normalized spacial score (nSPS) is 14.3. The van der Waals surface area contributed by atoms with Gasteiger partial charge in [-0.3, -0.25) is 4.79 Å². The van der Waals surface area contributed by atoms with E-state index < -0.39 is 11.8 Å². The summed E-state index contributed by atoms with van der Waals surface area (Å²) in [4.78, 5) is 32.7. The van der Waals surface area contributed by atoms with E-state index in [-0.39, 0.29) is 36.4 Å². The van der Waals surface area contributed by atoms with Gasteiger partial charge < -0.3 is 24.2 Å². The van der Waals surface area contributed by atoms with Crippen molar-refractivity contribution in [2.75, 3.05) is 13.1 Å². The van der Waals surface area contributed by atoms with E-state index in [4.69, 9.17) is 19.3 Å². The summed E-state index contributed by atoms with van der Waals surface area (Å²) < 4.78 is 31.1. The first kappa shape index (κ1) is 23.2. The van der Waals surface area contributed by atoms with E-state index in [1.807, 2.05) is 13.8 Å². The lowest BCUT2D eigenvalue weighted by atomic mass is 10.1. The number of nitrogens with zero attached hydrogens (tertiary/aromatic N) is 3. The van der Waals surface area contributed by atoms with Crippen LogP contribution in [-0.4, -0.2) is 57.3 Å². The Morgan fingerprint density at radius 2 is 1.91 bits per heavy atom. The van der Waals surface area contributed by atoms with E-state index in [2.05, 4.69) is 9.97 Å². The zero-order valence-electron chi connectivity index (χ0n) is 18.2. The first-order chi connectivity index (χ1) is 15.2. The van der Waals surface area contributed by atoms with Crippen molar-refractivity contribution >= 4 is 12.1 Å². The Morgan fingerprint density at radius 3 is 2.53 bits per heavy atom. The van der Waals surface area contributed by atoms with Gasteiger partial charge in [0.05, 0.1) is 18.1 Å². The van der Waals surface area contributed by atoms with E-state index in [0.717, 1.165) is 6.07 Å². The highest BCUT2D eigenvalue weighted by atomic mass is 19.1. The second-order valence-electron chi connectivity index (χ2n) is 7.78. The summed E-state index contributed by atoms with van der Waals surface area (Å²) in [5.74, 6) is -1.36. The maximum atomic E-state index is 14.3. The summed E-state index contributed by atoms with van der Waals surface area (Å²) in [6.07, 6.45) is 1.57. The van der Waals surface area contributed by atoms with Crippen LogP contribution < -0.4 is 9.47 Å². The molecule has 0 radical (unpaired) electrons. The number of ether oxygens (including phenoxy) is 3. The van der Waals surface area contributed by atoms with E-state index in [0.29, 0.717) is 42.9 Å². The fourth-order valence-electron chi connectivity index (χ4n) is 3.25. The number of carboxylic acid groups (broad SMARTS) is 1. The maximum Gasteiger partial charge on any atom is 0.410 e. The van der Waals surface area contributed by atoms with Crippen LogP contribution in [0.15, 0.2) is 24.5 Å². The smallest absolute Gasteiger partial charge is 0.410 e. The predicted octanol–water partition coefficient (Wildman–Crippen LogP) is 3.73. The van der Waals surface area contributed by atoms with Gasteiger partial charge in [0.15, 0.2) is 11.6 Å². The molecule has 0 saturated carbocycles. The molecule has 9 nitrogen and oxygen atoms in total. The van der Waals surface area contributed by atoms with E-state index in [1.165, 1.54) is 18.5 Å². The van der Waals surface area contributed by atoms with Gasteiger partial charge in [0.2, 0.25) is 11.8 Å². The molecule has 2 heterocycles. The lowest BCUT2D eigenvalue weighted by Gasteiger charge is -2.31. The highest BCUT2D eigenvalue weighted by Crippen LogP contribution is 2.30. The lowest BCUT2D eigenvalue weighted by molar-refractivity contribution is -0.136. The minimum atomic E-state index is -1.05. The van der Waals surface area contributed by atoms with Gasteiger partial charge in [0, 0.05) is 25.9 Å². The molecule has 172 valence electrons. The Kier molecular flexibility index (Phi) is 7.45. The van der Waals surface area contributed by atoms with Gasteiger partial charge in [-0.05, 0) is 38.5 Å². The Balaban J connectivity index is 1.63. The number of carboxylic acids is 1. The molecule has 1 fully saturated rings. The molecule has 0 spiro atoms. The van der Waals surface area contributed by atoms with Crippen LogP contribution in [0.3, 0.4) is 0 Å². The summed E-state index contributed by atoms with van der Waals surface area (Å²) in [6, 6.07) is 3.97. The largest absolute Gasteiger partial charge is 0.481 e. The molecule has 1 aliphatic rings. The van der Waals surface area contributed by atoms with Gasteiger partial charge in [0.1, 0.15) is 12.4 Å². The molecule has 0 bridgehead atoms. The summed E-state index contributed by atoms with van der Waals surface area (Å²) in [7, 11) is 0. The van der Waals surface area contributed by atoms with Crippen LogP contribution in [0.4, 0.5) is 9.18 Å². The Bertz CT molecular complexity index is 976. The van der Waals surface area contributed by atoms with Gasteiger partial charge >= 0.3 is 12.1 Å². The molecule has 32 heavy (non-hydrogen) atoms. The summed E-state index contributed by atoms with van der Waals surface area (Å²) in [6.45, 7) is 6.34. The third-order valence-electron chi connectivity index (χ3n) is 4.86. The number of likely N-dealkylation sites (tertiary alicyclic amines) is 1. The maximum absolute atomic E-state index is 14.3. The average molecular weight is 447 g/mol. The highest BCUT2D eigenvalue weighted by Gasteiger charge is 2.26. The molecular weight excluding hydrogens is 421 g/mol. The van der Waals surface area contributed by atoms with Crippen molar-refractivity contribution in [1.29, 1.82) is 0 Å². The molecule has 2 aromatic rings. The minimum absolute atomic E-state index is 0.0798. The number of aliphatic carboxylic acids is 1. The van der Waals surface area contributed by atoms with Crippen molar-refractivity contribution in [2.24, 2.45) is 0 Å². The van der Waals surface area contributed by atoms with E-state index >= 15 is 0 Å². The fourth-order valence-corrected chi connectivity index (χ4v) is 3.25. The van der Waals surface area contributed by atoms with Crippen molar-refractivity contribution in [2.45, 2.75) is 52.2 Å². The summed E-state index contributed by atoms with van der Waals surface area (Å²) in [5.41, 5.74) is 0.831. The number of piperidine rings is 1. The van der Waals surface area contributed by atoms with Crippen molar-refractivity contribution in [3.63, 3.8) is 0 Å². The molecular formula is C22H26FN3O6. The van der Waals surface area contributed by atoms with Crippen molar-refractivity contribution in [3.8, 4) is 17.5 Å². The topological polar surface area (TPSA) is 111 Å². The molecule has 10 heteroatoms. The van der Waals surface area contributed by atoms with Crippen LogP contribution >= 0.6 is 0 Å². The predicted molar refractivity (Wildman–Crippen MR) is 111 cm³/mol. The zero-order chi connectivity index (χ0) is 23.3. The number of carbonyl (C=O) groups is 2. The average Bonchev–Trinajstić information content (AvgIpc) is 2.72. The van der Waals surface area contributed by atoms with E-state index in [9.17, 15) is 14.0 Å². The second-order valence-corrected chi connectivity index (χ2v) is 7.78. The molecule has 3 rings (SSSR count). The fraction of sp³-hybridized carbons (Fsp3) is 0.455. The molecule has 1 saturated heterocycles. The quantitative estimate of drug-likeness (QED) is 0.683. The number of halogens is 1. The number of hydrogen-bond donors (Lipinski definition) is 1. The van der Waals surface area contributed by atoms with Gasteiger partial charge in [-0.15, -0.1) is 0 Å². The standard InChI is InChI=1S/C22H26FN3O6/c1-13(2)30-22(29)26-8-6-16(7-9-26)31-20-14(3)21(25-12-24-20)32-18-5-4-15(10-17(18)23)11-19(27)28/h4-5,10,12-13,16H,6-9,11H2,1-3H3,(H,27,28). The molecule has 0 aliphatic carbocycles. The van der Waals surface area contributed by atoms with Crippen LogP contribution in [0, 0.1) is 12.7 Å². The SMILES string of the molecule is Cc1c(Oc2ccc(CC(=O)O)cc2F)ncnc1OC1CCN(C(=O)OC(C)C)CC1. The molecule has 0 atom stereocenters. The summed E-state index contributed by atoms with van der Waals surface area (Å²) in [5, 5.41) is 8.83. The zero-order valence-corrected chi connectivity index (χ0v) is 18.2. The minimum Gasteiger partial charge on any atom is -0.481 e. The van der Waals surface area contributed by atoms with Crippen LogP contribution in [-0.2, 0) is 16.0 Å². The number of amides is 1. The Morgan fingerprint density at radius 1 is 1.22 bits per heavy atom. The Labute approximate surface area is 185 Å². The van der Waals surface area contributed by atoms with Gasteiger partial charge in [-0.2, -0.15) is 0 Å². The van der Waals surface area contributed by atoms with Crippen LogP contribution in [0.25, 0.3) is 0 Å². The van der Waals surface area contributed by atoms with Crippen LogP contribution in [0.1, 0.15) is 37.8 Å². The van der Waals surface area contributed by atoms with Gasteiger partial charge in [0.25, 0.3) is 0 Å². The Hall–Kier alpha value is -3.43. The molecule has 0 unspecified atom stereocenters. The van der Waals surface area contributed by atoms with Crippen LogP contribution in [0.5, 0.6) is 17.5 Å². The lowest BCUT2D eigenvalue weighted by Crippen LogP contribution is -2.42. The second kappa shape index (κ2) is 10.3. The molecule has 1 amide bonds. The molecule has 1 N–H and O–H groups in total. The van der Waals surface area contributed by atoms with Crippen molar-refractivity contribution in [3.05, 3.63) is 41.5 Å². The molecule has 1 aromatic heterocycles. The van der Waals surface area contributed by atoms with Gasteiger partial charge in [-0.25, -0.2) is 19.2 Å². The molecule has 1 aliphatic heterocycles. The number of hydrogen-bond acceptors (Lipinski definition) is 7. The van der Waals surface area contributed by atoms with E-state index in [1.54, 1.807) is 11.8 Å². The number of rotatable bonds is 7. The third kappa shape index (κ3) is 6.05. The first-order valence-corrected chi connectivity index (χ1v) is 10.3. The van der Waals surface area contributed by atoms with Crippen molar-refractivity contribution in [1.82, 2.24) is 14.9 Å². The van der Waals surface area contributed by atoms with Crippen molar-refractivity contribution < 1.29 is 33.3 Å². The molecule has 1 aromatic carbocycles. The number of aromatic nitrogens is 2. The highest BCUT2D eigenvalue weighted by molar-refractivity contribution is 5.70. The van der Waals surface area contributed by atoms with Gasteiger partial charge in [-0.1, -0.05) is 6.07 Å². The summed E-state index contributed by atoms with van der Waals surface area (Å²) >= 11 is 0. The van der Waals surface area contributed by atoms with Crippen LogP contribution in [0.2, 0.25) is 0 Å². The third-order valence-corrected chi connectivity index (χ3v) is 4.86. The number of benzene rings is 1. The monoisotopic (exact) mass is 447 g/mol.